The predicted molar refractivity (Wildman–Crippen MR) is 82.4 cm³/mol. The second-order valence-corrected chi connectivity index (χ2v) is 6.65. The molecule has 1 aromatic heterocycles. The highest BCUT2D eigenvalue weighted by molar-refractivity contribution is 7.14. The van der Waals surface area contributed by atoms with Crippen LogP contribution in [0.3, 0.4) is 0 Å². The van der Waals surface area contributed by atoms with Crippen molar-refractivity contribution in [1.82, 2.24) is 4.98 Å². The van der Waals surface area contributed by atoms with Crippen LogP contribution in [-0.2, 0) is 9.53 Å². The Morgan fingerprint density at radius 3 is 2.52 bits per heavy atom. The number of thiazole rings is 1. The molecule has 0 unspecified atom stereocenters. The molecule has 21 heavy (non-hydrogen) atoms. The summed E-state index contributed by atoms with van der Waals surface area (Å²) in [6, 6.07) is 0. The number of aliphatic carboxylic acids is 1. The lowest BCUT2D eigenvalue weighted by Crippen LogP contribution is -2.27. The Kier molecular flexibility index (Phi) is 5.48. The van der Waals surface area contributed by atoms with Crippen LogP contribution in [0.4, 0.5) is 9.93 Å². The molecule has 0 bridgehead atoms. The molecular formula is C14H20N2O4S. The van der Waals surface area contributed by atoms with E-state index >= 15 is 0 Å². The number of carboxylic acid groups (broad SMARTS) is 1. The first-order valence-corrected chi connectivity index (χ1v) is 7.37. The summed E-state index contributed by atoms with van der Waals surface area (Å²) in [5.41, 5.74) is -0.153. The fourth-order valence-corrected chi connectivity index (χ4v) is 2.14. The Balaban J connectivity index is 2.86. The van der Waals surface area contributed by atoms with Gasteiger partial charge in [0.2, 0.25) is 0 Å². The van der Waals surface area contributed by atoms with Crippen LogP contribution in [0.1, 0.15) is 40.3 Å². The van der Waals surface area contributed by atoms with Crippen LogP contribution >= 0.6 is 11.3 Å². The molecule has 0 aliphatic rings. The van der Waals surface area contributed by atoms with Crippen molar-refractivity contribution in [2.75, 3.05) is 5.32 Å². The summed E-state index contributed by atoms with van der Waals surface area (Å²) in [7, 11) is 0. The second kappa shape index (κ2) is 6.71. The van der Waals surface area contributed by atoms with Gasteiger partial charge in [0.25, 0.3) is 0 Å². The zero-order valence-corrected chi connectivity index (χ0v) is 13.6. The minimum absolute atomic E-state index is 0.0834. The summed E-state index contributed by atoms with van der Waals surface area (Å²) in [6.07, 6.45) is 1.00. The number of nitrogens with one attached hydrogen (secondary N) is 1. The van der Waals surface area contributed by atoms with Crippen LogP contribution in [0, 0.1) is 5.92 Å². The molecular weight excluding hydrogens is 292 g/mol. The summed E-state index contributed by atoms with van der Waals surface area (Å²) in [4.78, 5) is 27.0. The van der Waals surface area contributed by atoms with Gasteiger partial charge in [-0.05, 0) is 26.7 Å². The lowest BCUT2D eigenvalue weighted by molar-refractivity contribution is -0.130. The second-order valence-electron chi connectivity index (χ2n) is 5.79. The Morgan fingerprint density at radius 1 is 1.43 bits per heavy atom. The van der Waals surface area contributed by atoms with Gasteiger partial charge >= 0.3 is 12.1 Å². The molecule has 0 aliphatic carbocycles. The van der Waals surface area contributed by atoms with Crippen LogP contribution in [0.25, 0.3) is 5.57 Å². The number of carboxylic acids is 1. The molecule has 116 valence electrons. The molecule has 0 atom stereocenters. The Bertz CT molecular complexity index is 556. The van der Waals surface area contributed by atoms with Crippen LogP contribution in [0.5, 0.6) is 0 Å². The van der Waals surface area contributed by atoms with E-state index in [0.29, 0.717) is 10.8 Å². The van der Waals surface area contributed by atoms with Gasteiger partial charge in [0.05, 0.1) is 11.3 Å². The molecule has 1 heterocycles. The number of nitrogens with zero attached hydrogens (tertiary/aromatic N) is 1. The topological polar surface area (TPSA) is 88.5 Å². The number of anilines is 1. The Morgan fingerprint density at radius 2 is 2.05 bits per heavy atom. The summed E-state index contributed by atoms with van der Waals surface area (Å²) < 4.78 is 5.11. The summed E-state index contributed by atoms with van der Waals surface area (Å²) in [6.45, 7) is 9.04. The zero-order valence-electron chi connectivity index (χ0n) is 12.8. The molecule has 1 aromatic rings. The van der Waals surface area contributed by atoms with E-state index in [0.717, 1.165) is 11.3 Å². The van der Waals surface area contributed by atoms with Crippen LogP contribution in [0.15, 0.2) is 11.5 Å². The van der Waals surface area contributed by atoms with Gasteiger partial charge in [-0.25, -0.2) is 14.6 Å². The van der Waals surface area contributed by atoms with Gasteiger partial charge in [-0.2, -0.15) is 0 Å². The molecule has 0 fully saturated rings. The SMILES string of the molecule is CC(C)C=C(C(=O)O)c1csc(NC(=O)OC(C)(C)C)n1. The number of carbonyl (C=O) groups is 2. The molecule has 6 nitrogen and oxygen atoms in total. The van der Waals surface area contributed by atoms with Crippen molar-refractivity contribution in [1.29, 1.82) is 0 Å². The maximum atomic E-state index is 11.6. The highest BCUT2D eigenvalue weighted by Gasteiger charge is 2.19. The van der Waals surface area contributed by atoms with Gasteiger partial charge in [0, 0.05) is 5.38 Å². The standard InChI is InChI=1S/C14H20N2O4S/c1-8(2)6-9(11(17)18)10-7-21-12(15-10)16-13(19)20-14(3,4)5/h6-8H,1-5H3,(H,17,18)(H,15,16,19). The minimum atomic E-state index is -1.04. The Hall–Kier alpha value is -1.89. The van der Waals surface area contributed by atoms with Crippen LogP contribution < -0.4 is 5.32 Å². The first-order valence-electron chi connectivity index (χ1n) is 6.49. The van der Waals surface area contributed by atoms with Gasteiger partial charge in [-0.1, -0.05) is 19.9 Å². The maximum absolute atomic E-state index is 11.6. The molecule has 0 radical (unpaired) electrons. The maximum Gasteiger partial charge on any atom is 0.413 e. The molecule has 0 saturated carbocycles. The molecule has 0 saturated heterocycles. The van der Waals surface area contributed by atoms with Crippen molar-refractivity contribution >= 4 is 34.1 Å². The number of allylic oxidation sites excluding steroid dienone is 1. The van der Waals surface area contributed by atoms with Gasteiger partial charge in [0.1, 0.15) is 5.60 Å². The van der Waals surface area contributed by atoms with E-state index < -0.39 is 17.7 Å². The minimum Gasteiger partial charge on any atom is -0.478 e. The third-order valence-corrected chi connectivity index (χ3v) is 2.88. The predicted octanol–water partition coefficient (Wildman–Crippen LogP) is 3.61. The number of aromatic nitrogens is 1. The molecule has 2 N–H and O–H groups in total. The number of rotatable bonds is 4. The molecule has 7 heteroatoms. The quantitative estimate of drug-likeness (QED) is 0.829. The average Bonchev–Trinajstić information content (AvgIpc) is 2.70. The lowest BCUT2D eigenvalue weighted by atomic mass is 10.1. The van der Waals surface area contributed by atoms with Gasteiger partial charge in [-0.15, -0.1) is 11.3 Å². The van der Waals surface area contributed by atoms with Crippen molar-refractivity contribution in [3.63, 3.8) is 0 Å². The summed E-state index contributed by atoms with van der Waals surface area (Å²) in [5.74, 6) is -0.960. The van der Waals surface area contributed by atoms with E-state index in [9.17, 15) is 14.7 Å². The number of hydrogen-bond acceptors (Lipinski definition) is 5. The van der Waals surface area contributed by atoms with Gasteiger partial charge in [-0.3, -0.25) is 5.32 Å². The van der Waals surface area contributed by atoms with Gasteiger partial charge in [0.15, 0.2) is 5.13 Å². The highest BCUT2D eigenvalue weighted by atomic mass is 32.1. The molecule has 0 spiro atoms. The third kappa shape index (κ3) is 5.95. The van der Waals surface area contributed by atoms with Crippen LogP contribution in [0.2, 0.25) is 0 Å². The monoisotopic (exact) mass is 312 g/mol. The van der Waals surface area contributed by atoms with Gasteiger partial charge < -0.3 is 9.84 Å². The summed E-state index contributed by atoms with van der Waals surface area (Å²) >= 11 is 1.15. The fourth-order valence-electron chi connectivity index (χ4n) is 1.45. The molecule has 0 aliphatic heterocycles. The van der Waals surface area contributed by atoms with Crippen molar-refractivity contribution in [3.05, 3.63) is 17.2 Å². The third-order valence-electron chi connectivity index (χ3n) is 2.12. The van der Waals surface area contributed by atoms with E-state index in [1.165, 1.54) is 0 Å². The van der Waals surface area contributed by atoms with Crippen LogP contribution in [-0.4, -0.2) is 27.8 Å². The average molecular weight is 312 g/mol. The van der Waals surface area contributed by atoms with E-state index in [1.807, 2.05) is 13.8 Å². The molecule has 1 amide bonds. The molecule has 1 rings (SSSR count). The van der Waals surface area contributed by atoms with Crippen molar-refractivity contribution < 1.29 is 19.4 Å². The van der Waals surface area contributed by atoms with Crippen molar-refractivity contribution in [2.45, 2.75) is 40.2 Å². The van der Waals surface area contributed by atoms with E-state index in [2.05, 4.69) is 10.3 Å². The number of ether oxygens (including phenoxy) is 1. The Labute approximate surface area is 127 Å². The lowest BCUT2D eigenvalue weighted by Gasteiger charge is -2.18. The number of amides is 1. The summed E-state index contributed by atoms with van der Waals surface area (Å²) in [5, 5.41) is 13.6. The smallest absolute Gasteiger partial charge is 0.413 e. The molecule has 0 aromatic carbocycles. The van der Waals surface area contributed by atoms with E-state index in [-0.39, 0.29) is 11.5 Å². The fraction of sp³-hybridized carbons (Fsp3) is 0.500. The first kappa shape index (κ1) is 17.2. The van der Waals surface area contributed by atoms with Crippen molar-refractivity contribution in [3.8, 4) is 0 Å². The normalized spacial score (nSPS) is 12.4. The highest BCUT2D eigenvalue weighted by Crippen LogP contribution is 2.23. The zero-order chi connectivity index (χ0) is 16.2. The van der Waals surface area contributed by atoms with Crippen molar-refractivity contribution in [2.24, 2.45) is 5.92 Å². The first-order chi connectivity index (χ1) is 9.58. The number of carbonyl (C=O) groups excluding carboxylic acids is 1. The largest absolute Gasteiger partial charge is 0.478 e. The van der Waals surface area contributed by atoms with E-state index in [1.54, 1.807) is 32.2 Å². The number of hydrogen-bond donors (Lipinski definition) is 2. The van der Waals surface area contributed by atoms with E-state index in [4.69, 9.17) is 4.74 Å².